The Morgan fingerprint density at radius 3 is 2.18 bits per heavy atom. The maximum absolute atomic E-state index is 12.6. The SMILES string of the molecule is O=C(Nc1c(Cl)ncnc1Cl)C(F)(F)C(F)F. The van der Waals surface area contributed by atoms with Crippen LogP contribution in [0.4, 0.5) is 23.2 Å². The highest BCUT2D eigenvalue weighted by Gasteiger charge is 2.49. The standard InChI is InChI=1S/C7H3Cl2F4N3O/c8-3-2(4(9)15-1-14-3)16-6(17)7(12,13)5(10)11/h1,5H,(H,16,17). The molecule has 1 rings (SSSR count). The van der Waals surface area contributed by atoms with Gasteiger partial charge in [0, 0.05) is 0 Å². The first-order chi connectivity index (χ1) is 7.76. The second-order valence-corrected chi connectivity index (χ2v) is 3.42. The van der Waals surface area contributed by atoms with Crippen LogP contribution in [0.15, 0.2) is 6.33 Å². The van der Waals surface area contributed by atoms with Crippen molar-refractivity contribution in [2.45, 2.75) is 12.3 Å². The Morgan fingerprint density at radius 1 is 1.29 bits per heavy atom. The Hall–Kier alpha value is -1.15. The van der Waals surface area contributed by atoms with Gasteiger partial charge in [0.25, 0.3) is 0 Å². The fraction of sp³-hybridized carbons (Fsp3) is 0.286. The summed E-state index contributed by atoms with van der Waals surface area (Å²) in [5.74, 6) is -7.10. The quantitative estimate of drug-likeness (QED) is 0.688. The summed E-state index contributed by atoms with van der Waals surface area (Å²) in [5.41, 5.74) is -0.554. The lowest BCUT2D eigenvalue weighted by atomic mass is 10.3. The van der Waals surface area contributed by atoms with Gasteiger partial charge in [0.05, 0.1) is 0 Å². The number of carbonyl (C=O) groups excluding carboxylic acids is 1. The second kappa shape index (κ2) is 5.01. The van der Waals surface area contributed by atoms with E-state index in [0.717, 1.165) is 6.33 Å². The highest BCUT2D eigenvalue weighted by atomic mass is 35.5. The fourth-order valence-corrected chi connectivity index (χ4v) is 1.15. The molecular formula is C7H3Cl2F4N3O. The molecule has 17 heavy (non-hydrogen) atoms. The third kappa shape index (κ3) is 2.95. The first-order valence-electron chi connectivity index (χ1n) is 3.90. The maximum Gasteiger partial charge on any atom is 0.383 e. The molecule has 1 heterocycles. The van der Waals surface area contributed by atoms with E-state index in [4.69, 9.17) is 23.2 Å². The lowest BCUT2D eigenvalue weighted by Crippen LogP contribution is -2.41. The summed E-state index contributed by atoms with van der Waals surface area (Å²) in [6.07, 6.45) is -3.24. The zero-order chi connectivity index (χ0) is 13.2. The van der Waals surface area contributed by atoms with Crippen LogP contribution in [0, 0.1) is 0 Å². The summed E-state index contributed by atoms with van der Waals surface area (Å²) in [6, 6.07) is 0. The van der Waals surface area contributed by atoms with Crippen LogP contribution in [-0.4, -0.2) is 28.2 Å². The summed E-state index contributed by atoms with van der Waals surface area (Å²) < 4.78 is 48.9. The van der Waals surface area contributed by atoms with Crippen molar-refractivity contribution < 1.29 is 22.4 Å². The predicted molar refractivity (Wildman–Crippen MR) is 51.6 cm³/mol. The molecule has 1 aromatic heterocycles. The van der Waals surface area contributed by atoms with Gasteiger partial charge in [-0.1, -0.05) is 23.2 Å². The van der Waals surface area contributed by atoms with Gasteiger partial charge in [-0.3, -0.25) is 4.79 Å². The van der Waals surface area contributed by atoms with Crippen molar-refractivity contribution in [3.8, 4) is 0 Å². The van der Waals surface area contributed by atoms with E-state index in [9.17, 15) is 22.4 Å². The molecule has 1 aromatic rings. The average molecular weight is 292 g/mol. The number of nitrogens with one attached hydrogen (secondary N) is 1. The van der Waals surface area contributed by atoms with Crippen molar-refractivity contribution in [1.82, 2.24) is 9.97 Å². The van der Waals surface area contributed by atoms with E-state index < -0.39 is 34.2 Å². The highest BCUT2D eigenvalue weighted by molar-refractivity contribution is 6.38. The Morgan fingerprint density at radius 2 is 1.76 bits per heavy atom. The number of hydrogen-bond donors (Lipinski definition) is 1. The first-order valence-corrected chi connectivity index (χ1v) is 4.65. The lowest BCUT2D eigenvalue weighted by Gasteiger charge is -2.15. The summed E-state index contributed by atoms with van der Waals surface area (Å²) >= 11 is 10.8. The van der Waals surface area contributed by atoms with Gasteiger partial charge in [0.1, 0.15) is 12.0 Å². The molecule has 0 saturated carbocycles. The number of amides is 1. The molecule has 1 N–H and O–H groups in total. The molecule has 0 aromatic carbocycles. The molecule has 0 atom stereocenters. The van der Waals surface area contributed by atoms with Crippen LogP contribution < -0.4 is 5.32 Å². The summed E-state index contributed by atoms with van der Waals surface area (Å²) in [4.78, 5) is 17.6. The first kappa shape index (κ1) is 13.9. The summed E-state index contributed by atoms with van der Waals surface area (Å²) in [7, 11) is 0. The van der Waals surface area contributed by atoms with E-state index >= 15 is 0 Å². The molecule has 0 aliphatic heterocycles. The average Bonchev–Trinajstić information content (AvgIpc) is 2.23. The van der Waals surface area contributed by atoms with Gasteiger partial charge < -0.3 is 5.32 Å². The van der Waals surface area contributed by atoms with E-state index in [2.05, 4.69) is 9.97 Å². The Kier molecular flexibility index (Phi) is 4.10. The highest BCUT2D eigenvalue weighted by Crippen LogP contribution is 2.29. The Labute approximate surface area is 102 Å². The van der Waals surface area contributed by atoms with Crippen molar-refractivity contribution >= 4 is 34.8 Å². The molecule has 0 unspecified atom stereocenters. The van der Waals surface area contributed by atoms with Gasteiger partial charge in [-0.05, 0) is 0 Å². The van der Waals surface area contributed by atoms with Crippen molar-refractivity contribution in [3.63, 3.8) is 0 Å². The predicted octanol–water partition coefficient (Wildman–Crippen LogP) is 2.62. The molecule has 0 bridgehead atoms. The number of nitrogens with zero attached hydrogens (tertiary/aromatic N) is 2. The summed E-state index contributed by atoms with van der Waals surface area (Å²) in [5, 5.41) is 0.560. The van der Waals surface area contributed by atoms with Gasteiger partial charge >= 0.3 is 18.3 Å². The topological polar surface area (TPSA) is 54.9 Å². The zero-order valence-electron chi connectivity index (χ0n) is 7.73. The molecule has 0 spiro atoms. The number of hydrogen-bond acceptors (Lipinski definition) is 3. The molecule has 10 heteroatoms. The van der Waals surface area contributed by atoms with Crippen LogP contribution in [0.3, 0.4) is 0 Å². The van der Waals surface area contributed by atoms with Gasteiger partial charge in [-0.15, -0.1) is 0 Å². The van der Waals surface area contributed by atoms with Crippen LogP contribution in [0.2, 0.25) is 10.3 Å². The van der Waals surface area contributed by atoms with Crippen LogP contribution in [0.25, 0.3) is 0 Å². The normalized spacial score (nSPS) is 11.7. The Balaban J connectivity index is 2.96. The van der Waals surface area contributed by atoms with E-state index in [1.54, 1.807) is 0 Å². The molecule has 0 radical (unpaired) electrons. The van der Waals surface area contributed by atoms with Crippen LogP contribution in [-0.2, 0) is 4.79 Å². The largest absolute Gasteiger partial charge is 0.383 e. The molecular weight excluding hydrogens is 289 g/mol. The molecule has 94 valence electrons. The van der Waals surface area contributed by atoms with Crippen LogP contribution in [0.1, 0.15) is 0 Å². The van der Waals surface area contributed by atoms with Crippen LogP contribution in [0.5, 0.6) is 0 Å². The van der Waals surface area contributed by atoms with Gasteiger partial charge in [0.15, 0.2) is 10.3 Å². The third-order valence-electron chi connectivity index (χ3n) is 1.57. The van der Waals surface area contributed by atoms with Crippen LogP contribution >= 0.6 is 23.2 Å². The number of anilines is 1. The second-order valence-electron chi connectivity index (χ2n) is 2.71. The Bertz CT molecular complexity index is 423. The molecule has 0 aliphatic carbocycles. The molecule has 0 aliphatic rings. The van der Waals surface area contributed by atoms with Gasteiger partial charge in [0.2, 0.25) is 0 Å². The fourth-order valence-electron chi connectivity index (χ4n) is 0.744. The molecule has 0 fully saturated rings. The number of alkyl halides is 4. The van der Waals surface area contributed by atoms with Crippen molar-refractivity contribution in [2.75, 3.05) is 5.32 Å². The van der Waals surface area contributed by atoms with Crippen molar-refractivity contribution in [1.29, 1.82) is 0 Å². The van der Waals surface area contributed by atoms with Crippen molar-refractivity contribution in [3.05, 3.63) is 16.6 Å². The van der Waals surface area contributed by atoms with Gasteiger partial charge in [-0.25, -0.2) is 18.7 Å². The molecule has 1 amide bonds. The number of carbonyl (C=O) groups is 1. The minimum absolute atomic E-state index is 0.441. The van der Waals surface area contributed by atoms with E-state index in [0.29, 0.717) is 0 Å². The minimum Gasteiger partial charge on any atom is -0.315 e. The molecule has 0 saturated heterocycles. The van der Waals surface area contributed by atoms with E-state index in [1.807, 2.05) is 0 Å². The third-order valence-corrected chi connectivity index (χ3v) is 2.14. The number of rotatable bonds is 3. The van der Waals surface area contributed by atoms with Gasteiger partial charge in [-0.2, -0.15) is 8.78 Å². The number of halogens is 6. The summed E-state index contributed by atoms with van der Waals surface area (Å²) in [6.45, 7) is 0. The maximum atomic E-state index is 12.6. The minimum atomic E-state index is -4.86. The number of aromatic nitrogens is 2. The van der Waals surface area contributed by atoms with Crippen molar-refractivity contribution in [2.24, 2.45) is 0 Å². The lowest BCUT2D eigenvalue weighted by molar-refractivity contribution is -0.163. The smallest absolute Gasteiger partial charge is 0.315 e. The monoisotopic (exact) mass is 291 g/mol. The van der Waals surface area contributed by atoms with E-state index in [1.165, 1.54) is 5.32 Å². The van der Waals surface area contributed by atoms with E-state index in [-0.39, 0.29) is 0 Å². The molecule has 4 nitrogen and oxygen atoms in total. The zero-order valence-corrected chi connectivity index (χ0v) is 9.24.